The summed E-state index contributed by atoms with van der Waals surface area (Å²) < 4.78 is 5.02. The van der Waals surface area contributed by atoms with Crippen LogP contribution < -0.4 is 0 Å². The molecule has 3 nitrogen and oxygen atoms in total. The Morgan fingerprint density at radius 3 is 2.88 bits per heavy atom. The molecule has 1 amide bonds. The van der Waals surface area contributed by atoms with E-state index in [1.807, 2.05) is 18.2 Å². The van der Waals surface area contributed by atoms with Gasteiger partial charge in [-0.25, -0.2) is 4.79 Å². The molecule has 1 fully saturated rings. The zero-order valence-corrected chi connectivity index (χ0v) is 10.3. The molecule has 1 saturated heterocycles. The fourth-order valence-electron chi connectivity index (χ4n) is 1.76. The fraction of sp³-hybridized carbons (Fsp3) is 0.250. The average molecular weight is 282 g/mol. The summed E-state index contributed by atoms with van der Waals surface area (Å²) in [4.78, 5) is 14.7. The highest BCUT2D eigenvalue weighted by atomic mass is 79.9. The van der Waals surface area contributed by atoms with Crippen LogP contribution in [-0.2, 0) is 11.2 Å². The molecule has 16 heavy (non-hydrogen) atoms. The summed E-state index contributed by atoms with van der Waals surface area (Å²) in [5, 5.41) is 0. The molecule has 0 unspecified atom stereocenters. The first-order valence-corrected chi connectivity index (χ1v) is 5.98. The van der Waals surface area contributed by atoms with Gasteiger partial charge in [0.1, 0.15) is 6.61 Å². The van der Waals surface area contributed by atoms with Gasteiger partial charge in [-0.3, -0.25) is 4.90 Å². The number of amides is 1. The molecule has 1 aliphatic rings. The molecular formula is C12H12BrNO2. The van der Waals surface area contributed by atoms with E-state index >= 15 is 0 Å². The summed E-state index contributed by atoms with van der Waals surface area (Å²) >= 11 is 3.17. The highest BCUT2D eigenvalue weighted by molar-refractivity contribution is 9.11. The van der Waals surface area contributed by atoms with Gasteiger partial charge in [0.25, 0.3) is 0 Å². The van der Waals surface area contributed by atoms with Gasteiger partial charge >= 0.3 is 6.09 Å². The van der Waals surface area contributed by atoms with E-state index in [0.717, 1.165) is 6.42 Å². The van der Waals surface area contributed by atoms with Crippen LogP contribution in [0, 0.1) is 0 Å². The van der Waals surface area contributed by atoms with E-state index in [2.05, 4.69) is 28.1 Å². The van der Waals surface area contributed by atoms with Gasteiger partial charge in [-0.1, -0.05) is 46.3 Å². The van der Waals surface area contributed by atoms with Crippen LogP contribution in [0.4, 0.5) is 4.79 Å². The Balaban J connectivity index is 2.07. The van der Waals surface area contributed by atoms with Gasteiger partial charge < -0.3 is 4.74 Å². The Morgan fingerprint density at radius 2 is 2.19 bits per heavy atom. The fourth-order valence-corrected chi connectivity index (χ4v) is 2.01. The predicted octanol–water partition coefficient (Wildman–Crippen LogP) is 2.92. The zero-order valence-electron chi connectivity index (χ0n) is 8.67. The second-order valence-corrected chi connectivity index (χ2v) is 4.13. The molecule has 1 aromatic carbocycles. The highest BCUT2D eigenvalue weighted by Gasteiger charge is 2.31. The third kappa shape index (κ3) is 2.44. The van der Waals surface area contributed by atoms with Gasteiger partial charge in [0.05, 0.1) is 6.04 Å². The summed E-state index contributed by atoms with van der Waals surface area (Å²) in [5.74, 6) is 0. The van der Waals surface area contributed by atoms with Crippen molar-refractivity contribution in [2.45, 2.75) is 12.5 Å². The van der Waals surface area contributed by atoms with E-state index < -0.39 is 0 Å². The van der Waals surface area contributed by atoms with Gasteiger partial charge in [-0.05, 0) is 17.0 Å². The lowest BCUT2D eigenvalue weighted by Crippen LogP contribution is -2.30. The SMILES string of the molecule is O=C1OC[C@@H](Cc2ccccc2)N1/C=C/Br. The number of carbonyl (C=O) groups excluding carboxylic acids is 1. The number of hydrogen-bond donors (Lipinski definition) is 0. The Morgan fingerprint density at radius 1 is 1.44 bits per heavy atom. The van der Waals surface area contributed by atoms with E-state index in [0.29, 0.717) is 6.61 Å². The van der Waals surface area contributed by atoms with E-state index in [9.17, 15) is 4.79 Å². The second kappa shape index (κ2) is 5.16. The quantitative estimate of drug-likeness (QED) is 0.853. The number of rotatable bonds is 3. The molecule has 0 aromatic heterocycles. The van der Waals surface area contributed by atoms with Crippen molar-refractivity contribution in [2.75, 3.05) is 6.61 Å². The lowest BCUT2D eigenvalue weighted by atomic mass is 10.1. The number of carbonyl (C=O) groups is 1. The van der Waals surface area contributed by atoms with Crippen molar-refractivity contribution in [3.8, 4) is 0 Å². The number of cyclic esters (lactones) is 1. The summed E-state index contributed by atoms with van der Waals surface area (Å²) in [6, 6.07) is 10.2. The largest absolute Gasteiger partial charge is 0.447 e. The Labute approximate surface area is 103 Å². The van der Waals surface area contributed by atoms with Gasteiger partial charge in [0.15, 0.2) is 0 Å². The van der Waals surface area contributed by atoms with Crippen molar-refractivity contribution >= 4 is 22.0 Å². The Hall–Kier alpha value is -1.29. The van der Waals surface area contributed by atoms with E-state index in [4.69, 9.17) is 4.74 Å². The standard InChI is InChI=1S/C12H12BrNO2/c13-6-7-14-11(9-16-12(14)15)8-10-4-2-1-3-5-10/h1-7,11H,8-9H2/b7-6+/t11-/m1/s1. The number of halogens is 1. The van der Waals surface area contributed by atoms with Crippen LogP contribution >= 0.6 is 15.9 Å². The predicted molar refractivity (Wildman–Crippen MR) is 65.2 cm³/mol. The number of nitrogens with zero attached hydrogens (tertiary/aromatic N) is 1. The van der Waals surface area contributed by atoms with Crippen LogP contribution in [-0.4, -0.2) is 23.6 Å². The van der Waals surface area contributed by atoms with E-state index in [1.54, 1.807) is 16.1 Å². The first-order chi connectivity index (χ1) is 7.81. The molecule has 0 spiro atoms. The third-order valence-corrected chi connectivity index (χ3v) is 2.77. The summed E-state index contributed by atoms with van der Waals surface area (Å²) in [7, 11) is 0. The average Bonchev–Trinajstić information content (AvgIpc) is 2.64. The van der Waals surface area contributed by atoms with Crippen LogP contribution in [0.3, 0.4) is 0 Å². The van der Waals surface area contributed by atoms with Crippen LogP contribution in [0.1, 0.15) is 5.56 Å². The van der Waals surface area contributed by atoms with Gasteiger partial charge in [-0.15, -0.1) is 0 Å². The van der Waals surface area contributed by atoms with Crippen molar-refractivity contribution < 1.29 is 9.53 Å². The number of benzene rings is 1. The minimum absolute atomic E-state index is 0.0868. The first-order valence-electron chi connectivity index (χ1n) is 5.07. The lowest BCUT2D eigenvalue weighted by Gasteiger charge is -2.16. The zero-order chi connectivity index (χ0) is 11.4. The maximum atomic E-state index is 11.4. The van der Waals surface area contributed by atoms with E-state index in [1.165, 1.54) is 5.56 Å². The van der Waals surface area contributed by atoms with Crippen molar-refractivity contribution in [3.05, 3.63) is 47.1 Å². The van der Waals surface area contributed by atoms with Crippen LogP contribution in [0.2, 0.25) is 0 Å². The van der Waals surface area contributed by atoms with E-state index in [-0.39, 0.29) is 12.1 Å². The van der Waals surface area contributed by atoms with Crippen LogP contribution in [0.25, 0.3) is 0 Å². The third-order valence-electron chi connectivity index (χ3n) is 2.53. The summed E-state index contributed by atoms with van der Waals surface area (Å²) in [5.41, 5.74) is 1.21. The minimum Gasteiger partial charge on any atom is -0.447 e. The molecule has 0 bridgehead atoms. The highest BCUT2D eigenvalue weighted by Crippen LogP contribution is 2.17. The Bertz CT molecular complexity index is 391. The smallest absolute Gasteiger partial charge is 0.414 e. The van der Waals surface area contributed by atoms with Crippen LogP contribution in [0.5, 0.6) is 0 Å². The van der Waals surface area contributed by atoms with Crippen molar-refractivity contribution in [2.24, 2.45) is 0 Å². The minimum atomic E-state index is -0.281. The van der Waals surface area contributed by atoms with Crippen molar-refractivity contribution in [1.29, 1.82) is 0 Å². The monoisotopic (exact) mass is 281 g/mol. The normalized spacial score (nSPS) is 20.4. The maximum absolute atomic E-state index is 11.4. The summed E-state index contributed by atoms with van der Waals surface area (Å²) in [6.45, 7) is 0.449. The lowest BCUT2D eigenvalue weighted by molar-refractivity contribution is 0.166. The number of hydrogen-bond acceptors (Lipinski definition) is 2. The molecule has 1 heterocycles. The number of ether oxygens (including phenoxy) is 1. The molecule has 4 heteroatoms. The van der Waals surface area contributed by atoms with Crippen molar-refractivity contribution in [1.82, 2.24) is 4.90 Å². The molecule has 0 N–H and O–H groups in total. The molecule has 84 valence electrons. The van der Waals surface area contributed by atoms with Crippen LogP contribution in [0.15, 0.2) is 41.5 Å². The maximum Gasteiger partial charge on any atom is 0.414 e. The molecular weight excluding hydrogens is 270 g/mol. The molecule has 2 rings (SSSR count). The summed E-state index contributed by atoms with van der Waals surface area (Å²) in [6.07, 6.45) is 2.23. The topological polar surface area (TPSA) is 29.5 Å². The molecule has 0 saturated carbocycles. The van der Waals surface area contributed by atoms with Gasteiger partial charge in [0, 0.05) is 6.20 Å². The van der Waals surface area contributed by atoms with Crippen molar-refractivity contribution in [3.63, 3.8) is 0 Å². The molecule has 1 aromatic rings. The second-order valence-electron chi connectivity index (χ2n) is 3.60. The van der Waals surface area contributed by atoms with Gasteiger partial charge in [-0.2, -0.15) is 0 Å². The van der Waals surface area contributed by atoms with Gasteiger partial charge in [0.2, 0.25) is 0 Å². The first kappa shape index (κ1) is 11.2. The molecule has 1 aliphatic heterocycles. The molecule has 1 atom stereocenters. The molecule has 0 aliphatic carbocycles. The molecule has 0 radical (unpaired) electrons. The Kier molecular flexibility index (Phi) is 3.62.